The van der Waals surface area contributed by atoms with Gasteiger partial charge < -0.3 is 4.90 Å². The highest BCUT2D eigenvalue weighted by Crippen LogP contribution is 2.51. The average molecular weight is 392 g/mol. The third-order valence-electron chi connectivity index (χ3n) is 7.37. The first-order valence-electron chi connectivity index (χ1n) is 11.0. The summed E-state index contributed by atoms with van der Waals surface area (Å²) in [6.45, 7) is 1.56. The van der Waals surface area contributed by atoms with E-state index in [1.807, 2.05) is 35.2 Å². The molecule has 1 aromatic carbocycles. The van der Waals surface area contributed by atoms with Crippen LogP contribution in [0.15, 0.2) is 42.5 Å². The molecule has 1 saturated carbocycles. The number of imide groups is 1. The van der Waals surface area contributed by atoms with Crippen molar-refractivity contribution in [3.05, 3.63) is 48.0 Å². The van der Waals surface area contributed by atoms with Crippen molar-refractivity contribution >= 4 is 17.7 Å². The Morgan fingerprint density at radius 2 is 1.48 bits per heavy atom. The van der Waals surface area contributed by atoms with Crippen molar-refractivity contribution in [2.24, 2.45) is 23.7 Å². The zero-order valence-corrected chi connectivity index (χ0v) is 16.7. The van der Waals surface area contributed by atoms with E-state index in [0.29, 0.717) is 0 Å². The molecule has 0 N–H and O–H groups in total. The van der Waals surface area contributed by atoms with Crippen LogP contribution in [0.3, 0.4) is 0 Å². The summed E-state index contributed by atoms with van der Waals surface area (Å²) in [5.74, 6) is -0.222. The van der Waals surface area contributed by atoms with Gasteiger partial charge in [-0.15, -0.1) is 0 Å². The quantitative estimate of drug-likeness (QED) is 0.583. The second-order valence-corrected chi connectivity index (χ2v) is 8.96. The maximum Gasteiger partial charge on any atom is 0.234 e. The van der Waals surface area contributed by atoms with Crippen LogP contribution >= 0.6 is 0 Å². The maximum atomic E-state index is 13.5. The smallest absolute Gasteiger partial charge is 0.234 e. The molecule has 5 nitrogen and oxygen atoms in total. The molecule has 5 heteroatoms. The van der Waals surface area contributed by atoms with Gasteiger partial charge in [0.1, 0.15) is 0 Å². The van der Waals surface area contributed by atoms with Gasteiger partial charge in [0, 0.05) is 13.1 Å². The van der Waals surface area contributed by atoms with Crippen molar-refractivity contribution in [2.45, 2.75) is 44.6 Å². The number of allylic oxidation sites excluding steroid dienone is 2. The van der Waals surface area contributed by atoms with Crippen molar-refractivity contribution in [1.29, 1.82) is 0 Å². The number of carbonyl (C=O) groups is 3. The predicted molar refractivity (Wildman–Crippen MR) is 108 cm³/mol. The van der Waals surface area contributed by atoms with Crippen molar-refractivity contribution in [2.75, 3.05) is 13.1 Å². The van der Waals surface area contributed by atoms with Gasteiger partial charge in [0.25, 0.3) is 0 Å². The first-order chi connectivity index (χ1) is 14.1. The summed E-state index contributed by atoms with van der Waals surface area (Å²) in [5.41, 5.74) is 0.874. The Kier molecular flexibility index (Phi) is 4.76. The molecule has 2 saturated heterocycles. The lowest BCUT2D eigenvalue weighted by atomic mass is 9.63. The molecule has 5 aliphatic rings. The number of benzene rings is 1. The van der Waals surface area contributed by atoms with Crippen LogP contribution in [0.1, 0.15) is 50.1 Å². The summed E-state index contributed by atoms with van der Waals surface area (Å²) < 4.78 is 0. The summed E-state index contributed by atoms with van der Waals surface area (Å²) in [6, 6.07) is 9.11. The van der Waals surface area contributed by atoms with Gasteiger partial charge in [-0.1, -0.05) is 42.5 Å². The second kappa shape index (κ2) is 7.43. The lowest BCUT2D eigenvalue weighted by Crippen LogP contribution is -2.41. The molecule has 3 amide bonds. The Bertz CT molecular complexity index is 811. The third kappa shape index (κ3) is 3.11. The van der Waals surface area contributed by atoms with Crippen LogP contribution < -0.4 is 0 Å². The molecule has 0 unspecified atom stereocenters. The maximum absolute atomic E-state index is 13.5. The molecule has 2 aliphatic heterocycles. The van der Waals surface area contributed by atoms with Gasteiger partial charge in [-0.2, -0.15) is 0 Å². The normalized spacial score (nSPS) is 31.9. The minimum absolute atomic E-state index is 0.0510. The van der Waals surface area contributed by atoms with Gasteiger partial charge in [-0.3, -0.25) is 19.3 Å². The first kappa shape index (κ1) is 18.6. The second-order valence-electron chi connectivity index (χ2n) is 8.96. The van der Waals surface area contributed by atoms with Crippen LogP contribution in [0.25, 0.3) is 0 Å². The van der Waals surface area contributed by atoms with E-state index in [4.69, 9.17) is 0 Å². The molecule has 6 rings (SSSR count). The fourth-order valence-corrected chi connectivity index (χ4v) is 5.88. The minimum atomic E-state index is -0.504. The fourth-order valence-electron chi connectivity index (χ4n) is 5.88. The monoisotopic (exact) mass is 392 g/mol. The highest BCUT2D eigenvalue weighted by Gasteiger charge is 2.58. The van der Waals surface area contributed by atoms with Gasteiger partial charge in [0.15, 0.2) is 0 Å². The summed E-state index contributed by atoms with van der Waals surface area (Å²) in [5, 5.41) is 0. The predicted octanol–water partition coefficient (Wildman–Crippen LogP) is 3.33. The SMILES string of the molecule is O=C(C[C@@H](c1ccccc1)N1C(=O)[C@@H]2[C@H](C1=O)[C@H]1C=C[C@H]2CC1)N1CCCCC1. The molecule has 0 radical (unpaired) electrons. The topological polar surface area (TPSA) is 57.7 Å². The van der Waals surface area contributed by atoms with E-state index in [1.165, 1.54) is 4.90 Å². The number of piperidine rings is 1. The Morgan fingerprint density at radius 3 is 2.03 bits per heavy atom. The molecule has 1 aromatic rings. The van der Waals surface area contributed by atoms with E-state index in [2.05, 4.69) is 12.2 Å². The van der Waals surface area contributed by atoms with E-state index in [0.717, 1.165) is 50.8 Å². The molecule has 2 heterocycles. The summed E-state index contributed by atoms with van der Waals surface area (Å²) >= 11 is 0. The molecule has 0 aromatic heterocycles. The highest BCUT2D eigenvalue weighted by molar-refractivity contribution is 6.06. The third-order valence-corrected chi connectivity index (χ3v) is 7.37. The molecule has 152 valence electrons. The summed E-state index contributed by atoms with van der Waals surface area (Å²) in [4.78, 5) is 43.4. The number of nitrogens with zero attached hydrogens (tertiary/aromatic N) is 2. The molecule has 2 bridgehead atoms. The lowest BCUT2D eigenvalue weighted by molar-refractivity contribution is -0.144. The average Bonchev–Trinajstić information content (AvgIpc) is 3.06. The zero-order valence-electron chi connectivity index (χ0n) is 16.7. The number of likely N-dealkylation sites (tertiary alicyclic amines) is 2. The van der Waals surface area contributed by atoms with Crippen molar-refractivity contribution in [1.82, 2.24) is 9.80 Å². The van der Waals surface area contributed by atoms with Gasteiger partial charge in [-0.25, -0.2) is 0 Å². The van der Waals surface area contributed by atoms with Crippen LogP contribution in [0, 0.1) is 23.7 Å². The minimum Gasteiger partial charge on any atom is -0.343 e. The lowest BCUT2D eigenvalue weighted by Gasteiger charge is -2.38. The molecule has 29 heavy (non-hydrogen) atoms. The molecule has 5 atom stereocenters. The van der Waals surface area contributed by atoms with E-state index < -0.39 is 6.04 Å². The van der Waals surface area contributed by atoms with Crippen LogP contribution in [0.2, 0.25) is 0 Å². The molecule has 3 aliphatic carbocycles. The Balaban J connectivity index is 1.46. The van der Waals surface area contributed by atoms with E-state index in [-0.39, 0.29) is 47.8 Å². The number of rotatable bonds is 4. The number of hydrogen-bond donors (Lipinski definition) is 0. The van der Waals surface area contributed by atoms with Crippen LogP contribution in [0.4, 0.5) is 0 Å². The van der Waals surface area contributed by atoms with Crippen LogP contribution in [-0.2, 0) is 14.4 Å². The van der Waals surface area contributed by atoms with Crippen molar-refractivity contribution < 1.29 is 14.4 Å². The van der Waals surface area contributed by atoms with Gasteiger partial charge in [0.2, 0.25) is 17.7 Å². The molecular weight excluding hydrogens is 364 g/mol. The zero-order chi connectivity index (χ0) is 20.0. The van der Waals surface area contributed by atoms with Gasteiger partial charge in [0.05, 0.1) is 24.3 Å². The number of amides is 3. The molecule has 0 spiro atoms. The van der Waals surface area contributed by atoms with Gasteiger partial charge >= 0.3 is 0 Å². The summed E-state index contributed by atoms with van der Waals surface area (Å²) in [7, 11) is 0. The van der Waals surface area contributed by atoms with E-state index in [9.17, 15) is 14.4 Å². The largest absolute Gasteiger partial charge is 0.343 e. The standard InChI is InChI=1S/C24H28N2O3/c27-20(25-13-5-2-6-14-25)15-19(16-7-3-1-4-8-16)26-23(28)21-17-9-10-18(12-11-17)22(21)24(26)29/h1,3-4,7-10,17-19,21-22H,2,5-6,11-15H2/t17-,18-,19-,21-,22+/m0/s1. The summed E-state index contributed by atoms with van der Waals surface area (Å²) in [6.07, 6.45) is 9.65. The van der Waals surface area contributed by atoms with Gasteiger partial charge in [-0.05, 0) is 49.5 Å². The fraction of sp³-hybridized carbons (Fsp3) is 0.542. The Morgan fingerprint density at radius 1 is 0.897 bits per heavy atom. The van der Waals surface area contributed by atoms with E-state index in [1.54, 1.807) is 0 Å². The number of hydrogen-bond acceptors (Lipinski definition) is 3. The molecule has 3 fully saturated rings. The van der Waals surface area contributed by atoms with Crippen molar-refractivity contribution in [3.63, 3.8) is 0 Å². The first-order valence-corrected chi connectivity index (χ1v) is 11.0. The van der Waals surface area contributed by atoms with Crippen LogP contribution in [0.5, 0.6) is 0 Å². The van der Waals surface area contributed by atoms with E-state index >= 15 is 0 Å². The Labute approximate surface area is 171 Å². The number of carbonyl (C=O) groups excluding carboxylic acids is 3. The Hall–Kier alpha value is -2.43. The number of fused-ring (bicyclic) bond motifs is 1. The molecular formula is C24H28N2O3. The van der Waals surface area contributed by atoms with Crippen molar-refractivity contribution in [3.8, 4) is 0 Å². The van der Waals surface area contributed by atoms with Crippen LogP contribution in [-0.4, -0.2) is 40.6 Å². The highest BCUT2D eigenvalue weighted by atomic mass is 16.2.